The molecule has 0 atom stereocenters. The van der Waals surface area contributed by atoms with Gasteiger partial charge in [-0.1, -0.05) is 5.16 Å². The van der Waals surface area contributed by atoms with Crippen molar-refractivity contribution < 1.29 is 14.0 Å². The van der Waals surface area contributed by atoms with Crippen molar-refractivity contribution in [3.05, 3.63) is 18.0 Å². The molecular weight excluding hydrogens is 461 g/mol. The molecule has 2 saturated heterocycles. The quantitative estimate of drug-likeness (QED) is 0.268. The zero-order chi connectivity index (χ0) is 18.0. The predicted molar refractivity (Wildman–Crippen MR) is 115 cm³/mol. The molecule has 2 fully saturated rings. The molecule has 0 saturated carbocycles. The molecule has 1 N–H and O–H groups in total. The third-order valence-electron chi connectivity index (χ3n) is 4.89. The van der Waals surface area contributed by atoms with Gasteiger partial charge in [0.2, 0.25) is 0 Å². The van der Waals surface area contributed by atoms with Crippen LogP contribution in [0, 0.1) is 0 Å². The van der Waals surface area contributed by atoms with Gasteiger partial charge < -0.3 is 24.2 Å². The topological polar surface area (TPSA) is 75.4 Å². The largest absolute Gasteiger partial charge is 0.381 e. The van der Waals surface area contributed by atoms with Crippen LogP contribution >= 0.6 is 24.0 Å². The number of hydrogen-bond donors (Lipinski definition) is 1. The first kappa shape index (κ1) is 22.4. The highest BCUT2D eigenvalue weighted by Crippen LogP contribution is 2.10. The molecule has 0 bridgehead atoms. The summed E-state index contributed by atoms with van der Waals surface area (Å²) in [7, 11) is 1.85. The van der Waals surface area contributed by atoms with Crippen LogP contribution < -0.4 is 5.32 Å². The van der Waals surface area contributed by atoms with Crippen LogP contribution in [0.2, 0.25) is 0 Å². The number of aromatic nitrogens is 1. The first-order valence-electron chi connectivity index (χ1n) is 9.61. The fraction of sp³-hybridized carbons (Fsp3) is 0.778. The minimum Gasteiger partial charge on any atom is -0.381 e. The molecule has 0 unspecified atom stereocenters. The molecule has 8 nitrogen and oxygen atoms in total. The van der Waals surface area contributed by atoms with Crippen LogP contribution in [-0.4, -0.2) is 86.6 Å². The number of ether oxygens (including phenoxy) is 2. The van der Waals surface area contributed by atoms with Crippen LogP contribution in [0.3, 0.4) is 0 Å². The van der Waals surface area contributed by atoms with Gasteiger partial charge in [0.15, 0.2) is 5.96 Å². The lowest BCUT2D eigenvalue weighted by molar-refractivity contribution is -0.0320. The Morgan fingerprint density at radius 2 is 2.07 bits per heavy atom. The van der Waals surface area contributed by atoms with Crippen molar-refractivity contribution in [1.82, 2.24) is 20.3 Å². The van der Waals surface area contributed by atoms with Crippen LogP contribution in [0.5, 0.6) is 0 Å². The van der Waals surface area contributed by atoms with E-state index >= 15 is 0 Å². The third-order valence-corrected chi connectivity index (χ3v) is 4.89. The number of piperazine rings is 1. The molecule has 0 radical (unpaired) electrons. The Kier molecular flexibility index (Phi) is 10.4. The van der Waals surface area contributed by atoms with Crippen molar-refractivity contribution in [3.63, 3.8) is 0 Å². The number of nitrogens with zero attached hydrogens (tertiary/aromatic N) is 4. The zero-order valence-electron chi connectivity index (χ0n) is 16.1. The first-order valence-corrected chi connectivity index (χ1v) is 9.61. The summed E-state index contributed by atoms with van der Waals surface area (Å²) in [6, 6.07) is 1.93. The van der Waals surface area contributed by atoms with Gasteiger partial charge in [-0.15, -0.1) is 24.0 Å². The van der Waals surface area contributed by atoms with E-state index in [1.54, 1.807) is 6.26 Å². The van der Waals surface area contributed by atoms with Crippen LogP contribution in [-0.2, 0) is 16.0 Å². The van der Waals surface area contributed by atoms with Gasteiger partial charge in [0.1, 0.15) is 6.26 Å². The van der Waals surface area contributed by atoms with E-state index in [1.807, 2.05) is 13.1 Å². The lowest BCUT2D eigenvalue weighted by Crippen LogP contribution is -2.52. The predicted octanol–water partition coefficient (Wildman–Crippen LogP) is 1.57. The van der Waals surface area contributed by atoms with Gasteiger partial charge in [0.25, 0.3) is 0 Å². The summed E-state index contributed by atoms with van der Waals surface area (Å²) in [6.45, 7) is 8.12. The summed E-state index contributed by atoms with van der Waals surface area (Å²) in [4.78, 5) is 9.14. The second kappa shape index (κ2) is 12.5. The minimum atomic E-state index is 0. The summed E-state index contributed by atoms with van der Waals surface area (Å²) in [5.41, 5.74) is 0.991. The maximum atomic E-state index is 5.91. The van der Waals surface area contributed by atoms with E-state index in [0.717, 1.165) is 90.0 Å². The summed E-state index contributed by atoms with van der Waals surface area (Å²) >= 11 is 0. The Balaban J connectivity index is 0.00000261. The smallest absolute Gasteiger partial charge is 0.193 e. The first-order chi connectivity index (χ1) is 12.8. The Labute approximate surface area is 178 Å². The molecule has 1 aromatic rings. The second-order valence-electron chi connectivity index (χ2n) is 6.76. The number of guanidine groups is 1. The van der Waals surface area contributed by atoms with Crippen molar-refractivity contribution in [2.24, 2.45) is 4.99 Å². The van der Waals surface area contributed by atoms with Gasteiger partial charge in [0, 0.05) is 72.2 Å². The van der Waals surface area contributed by atoms with E-state index in [4.69, 9.17) is 14.0 Å². The van der Waals surface area contributed by atoms with Crippen LogP contribution in [0.4, 0.5) is 0 Å². The Bertz CT molecular complexity index is 529. The third kappa shape index (κ3) is 7.55. The monoisotopic (exact) mass is 493 g/mol. The molecule has 2 aliphatic rings. The lowest BCUT2D eigenvalue weighted by Gasteiger charge is -2.36. The average Bonchev–Trinajstić information content (AvgIpc) is 3.19. The van der Waals surface area contributed by atoms with Crippen molar-refractivity contribution in [2.75, 3.05) is 59.6 Å². The molecule has 1 aromatic heterocycles. The maximum absolute atomic E-state index is 5.91. The molecule has 27 heavy (non-hydrogen) atoms. The molecule has 0 aromatic carbocycles. The average molecular weight is 493 g/mol. The van der Waals surface area contributed by atoms with Gasteiger partial charge in [-0.25, -0.2) is 0 Å². The number of hydrogen-bond acceptors (Lipinski definition) is 6. The fourth-order valence-electron chi connectivity index (χ4n) is 3.36. The van der Waals surface area contributed by atoms with Gasteiger partial charge in [-0.05, 0) is 19.3 Å². The van der Waals surface area contributed by atoms with Crippen LogP contribution in [0.1, 0.15) is 25.0 Å². The van der Waals surface area contributed by atoms with Gasteiger partial charge in [-0.3, -0.25) is 9.89 Å². The molecule has 0 spiro atoms. The van der Waals surface area contributed by atoms with E-state index in [9.17, 15) is 0 Å². The van der Waals surface area contributed by atoms with Crippen molar-refractivity contribution in [3.8, 4) is 0 Å². The van der Waals surface area contributed by atoms with Crippen molar-refractivity contribution >= 4 is 29.9 Å². The standard InChI is InChI=1S/C18H31N5O3.HI/c1-19-18(20-6-2-11-25-17-4-12-24-13-5-17)23-9-7-22(8-10-23)15-16-3-14-26-21-16;/h3,14,17H,2,4-13,15H2,1H3,(H,19,20);1H. The number of aliphatic imine (C=N–C) groups is 1. The summed E-state index contributed by atoms with van der Waals surface area (Å²) in [5.74, 6) is 0.983. The molecule has 2 aliphatic heterocycles. The molecule has 3 rings (SSSR count). The SMILES string of the molecule is CN=C(NCCCOC1CCOCC1)N1CCN(Cc2ccon2)CC1.I. The summed E-state index contributed by atoms with van der Waals surface area (Å²) < 4.78 is 16.2. The highest BCUT2D eigenvalue weighted by atomic mass is 127. The number of nitrogens with one attached hydrogen (secondary N) is 1. The summed E-state index contributed by atoms with van der Waals surface area (Å²) in [5, 5.41) is 7.45. The molecule has 0 aliphatic carbocycles. The lowest BCUT2D eigenvalue weighted by atomic mass is 10.1. The number of halogens is 1. The van der Waals surface area contributed by atoms with E-state index in [0.29, 0.717) is 6.10 Å². The minimum absolute atomic E-state index is 0. The summed E-state index contributed by atoms with van der Waals surface area (Å²) in [6.07, 6.45) is 5.04. The normalized spacial score (nSPS) is 19.7. The fourth-order valence-corrected chi connectivity index (χ4v) is 3.36. The molecule has 0 amide bonds. The van der Waals surface area contributed by atoms with Crippen molar-refractivity contribution in [1.29, 1.82) is 0 Å². The molecule has 9 heteroatoms. The Hall–Kier alpha value is -0.910. The van der Waals surface area contributed by atoms with E-state index < -0.39 is 0 Å². The zero-order valence-corrected chi connectivity index (χ0v) is 18.5. The Morgan fingerprint density at radius 3 is 2.74 bits per heavy atom. The maximum Gasteiger partial charge on any atom is 0.193 e. The van der Waals surface area contributed by atoms with E-state index in [1.165, 1.54) is 0 Å². The van der Waals surface area contributed by atoms with Gasteiger partial charge in [-0.2, -0.15) is 0 Å². The van der Waals surface area contributed by atoms with E-state index in [2.05, 4.69) is 25.3 Å². The number of rotatable bonds is 7. The van der Waals surface area contributed by atoms with Crippen LogP contribution in [0.15, 0.2) is 21.8 Å². The Morgan fingerprint density at radius 1 is 1.30 bits per heavy atom. The molecule has 3 heterocycles. The van der Waals surface area contributed by atoms with E-state index in [-0.39, 0.29) is 24.0 Å². The van der Waals surface area contributed by atoms with Gasteiger partial charge in [0.05, 0.1) is 11.8 Å². The highest BCUT2D eigenvalue weighted by molar-refractivity contribution is 14.0. The molecule has 154 valence electrons. The van der Waals surface area contributed by atoms with Crippen LogP contribution in [0.25, 0.3) is 0 Å². The highest BCUT2D eigenvalue weighted by Gasteiger charge is 2.20. The second-order valence-corrected chi connectivity index (χ2v) is 6.76. The van der Waals surface area contributed by atoms with Gasteiger partial charge >= 0.3 is 0 Å². The van der Waals surface area contributed by atoms with Crippen molar-refractivity contribution in [2.45, 2.75) is 31.9 Å². The molecular formula is C18H32IN5O3.